The van der Waals surface area contributed by atoms with Gasteiger partial charge < -0.3 is 0 Å². The van der Waals surface area contributed by atoms with Crippen LogP contribution in [0.25, 0.3) is 0 Å². The average Bonchev–Trinajstić information content (AvgIpc) is 2.83. The van der Waals surface area contributed by atoms with Gasteiger partial charge in [0.05, 0.1) is 0 Å². The van der Waals surface area contributed by atoms with Crippen LogP contribution in [0, 0.1) is 5.41 Å². The summed E-state index contributed by atoms with van der Waals surface area (Å²) in [6, 6.07) is 0. The topological polar surface area (TPSA) is 3.24 Å². The van der Waals surface area contributed by atoms with Crippen molar-refractivity contribution in [2.45, 2.75) is 77.7 Å². The van der Waals surface area contributed by atoms with Crippen LogP contribution < -0.4 is 0 Å². The minimum absolute atomic E-state index is 0.458. The van der Waals surface area contributed by atoms with E-state index in [1.54, 1.807) is 0 Å². The van der Waals surface area contributed by atoms with Gasteiger partial charge in [-0.25, -0.2) is 0 Å². The second kappa shape index (κ2) is 4.68. The van der Waals surface area contributed by atoms with Crippen molar-refractivity contribution in [2.75, 3.05) is 13.1 Å². The standard InChI is InChI=1S/C15H29N/c1-4-5-6-7-8-14(2,3)16-12-11-15(13-16)9-10-15/h4-13H2,1-3H3. The van der Waals surface area contributed by atoms with Crippen LogP contribution in [-0.4, -0.2) is 23.5 Å². The van der Waals surface area contributed by atoms with Crippen LogP contribution in [0.1, 0.15) is 72.1 Å². The minimum atomic E-state index is 0.458. The fourth-order valence-corrected chi connectivity index (χ4v) is 3.18. The highest BCUT2D eigenvalue weighted by molar-refractivity contribution is 5.03. The fourth-order valence-electron chi connectivity index (χ4n) is 3.18. The Balaban J connectivity index is 1.73. The van der Waals surface area contributed by atoms with E-state index in [-0.39, 0.29) is 0 Å². The fraction of sp³-hybridized carbons (Fsp3) is 1.00. The van der Waals surface area contributed by atoms with E-state index in [1.807, 2.05) is 0 Å². The van der Waals surface area contributed by atoms with Gasteiger partial charge >= 0.3 is 0 Å². The molecule has 0 radical (unpaired) electrons. The first-order chi connectivity index (χ1) is 7.58. The lowest BCUT2D eigenvalue weighted by atomic mass is 9.94. The van der Waals surface area contributed by atoms with Gasteiger partial charge in [-0.2, -0.15) is 0 Å². The molecule has 0 unspecified atom stereocenters. The van der Waals surface area contributed by atoms with E-state index in [2.05, 4.69) is 25.7 Å². The van der Waals surface area contributed by atoms with Crippen LogP contribution in [0.5, 0.6) is 0 Å². The summed E-state index contributed by atoms with van der Waals surface area (Å²) in [6.07, 6.45) is 11.5. The summed E-state index contributed by atoms with van der Waals surface area (Å²) >= 11 is 0. The maximum atomic E-state index is 2.77. The summed E-state index contributed by atoms with van der Waals surface area (Å²) in [7, 11) is 0. The molecule has 0 amide bonds. The van der Waals surface area contributed by atoms with Gasteiger partial charge in [0, 0.05) is 12.1 Å². The van der Waals surface area contributed by atoms with Gasteiger partial charge in [-0.1, -0.05) is 32.6 Å². The lowest BCUT2D eigenvalue weighted by molar-refractivity contribution is 0.133. The number of hydrogen-bond donors (Lipinski definition) is 0. The Morgan fingerprint density at radius 3 is 2.38 bits per heavy atom. The molecule has 1 nitrogen and oxygen atoms in total. The van der Waals surface area contributed by atoms with E-state index >= 15 is 0 Å². The van der Waals surface area contributed by atoms with Crippen LogP contribution in [-0.2, 0) is 0 Å². The summed E-state index contributed by atoms with van der Waals surface area (Å²) in [5.74, 6) is 0. The molecular weight excluding hydrogens is 194 g/mol. The van der Waals surface area contributed by atoms with Crippen LogP contribution >= 0.6 is 0 Å². The second-order valence-electron chi connectivity index (χ2n) is 6.79. The molecule has 1 saturated carbocycles. The van der Waals surface area contributed by atoms with Crippen molar-refractivity contribution in [1.29, 1.82) is 0 Å². The van der Waals surface area contributed by atoms with E-state index in [9.17, 15) is 0 Å². The van der Waals surface area contributed by atoms with E-state index < -0.39 is 0 Å². The van der Waals surface area contributed by atoms with Gasteiger partial charge in [0.2, 0.25) is 0 Å². The molecule has 1 aliphatic heterocycles. The molecular formula is C15H29N. The number of likely N-dealkylation sites (tertiary alicyclic amines) is 1. The monoisotopic (exact) mass is 223 g/mol. The third kappa shape index (κ3) is 2.80. The van der Waals surface area contributed by atoms with E-state index in [0.29, 0.717) is 5.54 Å². The Kier molecular flexibility index (Phi) is 3.63. The number of rotatable bonds is 6. The molecule has 94 valence electrons. The third-order valence-electron chi connectivity index (χ3n) is 4.89. The predicted octanol–water partition coefficient (Wildman–Crippen LogP) is 4.22. The highest BCUT2D eigenvalue weighted by Crippen LogP contribution is 2.54. The van der Waals surface area contributed by atoms with Crippen LogP contribution in [0.3, 0.4) is 0 Å². The Hall–Kier alpha value is -0.0400. The molecule has 1 saturated heterocycles. The van der Waals surface area contributed by atoms with Crippen molar-refractivity contribution in [3.05, 3.63) is 0 Å². The molecule has 0 bridgehead atoms. The first kappa shape index (κ1) is 12.4. The molecule has 0 atom stereocenters. The van der Waals surface area contributed by atoms with Crippen LogP contribution in [0.4, 0.5) is 0 Å². The highest BCUT2D eigenvalue weighted by Gasteiger charge is 2.50. The quantitative estimate of drug-likeness (QED) is 0.609. The largest absolute Gasteiger partial charge is 0.298 e. The van der Waals surface area contributed by atoms with Crippen molar-refractivity contribution >= 4 is 0 Å². The van der Waals surface area contributed by atoms with Gasteiger partial charge in [-0.15, -0.1) is 0 Å². The van der Waals surface area contributed by atoms with Crippen LogP contribution in [0.15, 0.2) is 0 Å². The van der Waals surface area contributed by atoms with Gasteiger partial charge in [0.25, 0.3) is 0 Å². The van der Waals surface area contributed by atoms with Crippen LogP contribution in [0.2, 0.25) is 0 Å². The minimum Gasteiger partial charge on any atom is -0.298 e. The molecule has 1 heterocycles. The molecule has 0 N–H and O–H groups in total. The van der Waals surface area contributed by atoms with Crippen molar-refractivity contribution in [3.8, 4) is 0 Å². The molecule has 2 fully saturated rings. The molecule has 1 aliphatic carbocycles. The van der Waals surface area contributed by atoms with E-state index in [0.717, 1.165) is 5.41 Å². The second-order valence-corrected chi connectivity index (χ2v) is 6.79. The third-order valence-corrected chi connectivity index (χ3v) is 4.89. The summed E-state index contributed by atoms with van der Waals surface area (Å²) in [6.45, 7) is 9.97. The smallest absolute Gasteiger partial charge is 0.0153 e. The molecule has 0 aromatic carbocycles. The predicted molar refractivity (Wildman–Crippen MR) is 70.7 cm³/mol. The van der Waals surface area contributed by atoms with Gasteiger partial charge in [-0.05, 0) is 51.5 Å². The summed E-state index contributed by atoms with van der Waals surface area (Å²) in [4.78, 5) is 2.77. The number of hydrogen-bond acceptors (Lipinski definition) is 1. The average molecular weight is 223 g/mol. The lowest BCUT2D eigenvalue weighted by Crippen LogP contribution is -2.42. The lowest BCUT2D eigenvalue weighted by Gasteiger charge is -2.36. The zero-order valence-electron chi connectivity index (χ0n) is 11.5. The Bertz CT molecular complexity index is 228. The molecule has 2 aliphatic rings. The molecule has 2 rings (SSSR count). The molecule has 0 aromatic rings. The molecule has 1 spiro atoms. The van der Waals surface area contributed by atoms with Crippen molar-refractivity contribution < 1.29 is 0 Å². The SMILES string of the molecule is CCCCCCC(C)(C)N1CCC2(CC2)C1. The summed E-state index contributed by atoms with van der Waals surface area (Å²) in [5, 5.41) is 0. The van der Waals surface area contributed by atoms with Gasteiger partial charge in [0.1, 0.15) is 0 Å². The van der Waals surface area contributed by atoms with E-state index in [4.69, 9.17) is 0 Å². The molecule has 16 heavy (non-hydrogen) atoms. The normalized spacial score (nSPS) is 24.2. The summed E-state index contributed by atoms with van der Waals surface area (Å²) in [5.41, 5.74) is 1.25. The van der Waals surface area contributed by atoms with Crippen molar-refractivity contribution in [1.82, 2.24) is 4.90 Å². The number of unbranched alkanes of at least 4 members (excludes halogenated alkanes) is 3. The Morgan fingerprint density at radius 1 is 1.06 bits per heavy atom. The van der Waals surface area contributed by atoms with Gasteiger partial charge in [0.15, 0.2) is 0 Å². The zero-order chi connectivity index (χ0) is 11.6. The molecule has 0 aromatic heterocycles. The van der Waals surface area contributed by atoms with Crippen molar-refractivity contribution in [3.63, 3.8) is 0 Å². The molecule has 1 heteroatoms. The summed E-state index contributed by atoms with van der Waals surface area (Å²) < 4.78 is 0. The Morgan fingerprint density at radius 2 is 1.81 bits per heavy atom. The van der Waals surface area contributed by atoms with E-state index in [1.165, 1.54) is 64.5 Å². The maximum absolute atomic E-state index is 2.77. The first-order valence-corrected chi connectivity index (χ1v) is 7.33. The highest BCUT2D eigenvalue weighted by atomic mass is 15.2. The maximum Gasteiger partial charge on any atom is 0.0153 e. The first-order valence-electron chi connectivity index (χ1n) is 7.33. The van der Waals surface area contributed by atoms with Gasteiger partial charge in [-0.3, -0.25) is 4.90 Å². The number of nitrogens with zero attached hydrogens (tertiary/aromatic N) is 1. The Labute approximate surface area is 102 Å². The van der Waals surface area contributed by atoms with Crippen molar-refractivity contribution in [2.24, 2.45) is 5.41 Å². The zero-order valence-corrected chi connectivity index (χ0v) is 11.5.